The van der Waals surface area contributed by atoms with Crippen molar-refractivity contribution in [3.8, 4) is 11.5 Å². The van der Waals surface area contributed by atoms with Crippen molar-refractivity contribution in [1.29, 1.82) is 0 Å². The van der Waals surface area contributed by atoms with Crippen LogP contribution < -0.4 is 34.9 Å². The molecule has 0 saturated heterocycles. The maximum atomic E-state index is 11.1. The standard InChI is InChI=1S/C10H11NO6S.Na/c1-2-8(13)11-9-6(5-18(15,16)17)3-4-7(12)10(9)14;/h2-4,12,14H,1,5H2,(H,11,13)(H,15,16,17);/q;+1/p-1. The molecule has 0 aliphatic rings. The molecule has 0 aliphatic heterocycles. The number of phenolic OH excluding ortho intramolecular Hbond substituents is 2. The van der Waals surface area contributed by atoms with Crippen LogP contribution in [0.2, 0.25) is 0 Å². The third-order valence-electron chi connectivity index (χ3n) is 2.01. The summed E-state index contributed by atoms with van der Waals surface area (Å²) in [5.41, 5.74) is -0.463. The van der Waals surface area contributed by atoms with Crippen molar-refractivity contribution in [3.05, 3.63) is 30.4 Å². The fourth-order valence-corrected chi connectivity index (χ4v) is 1.87. The molecule has 0 fully saturated rings. The number of amides is 1. The van der Waals surface area contributed by atoms with E-state index in [1.54, 1.807) is 0 Å². The molecule has 1 rings (SSSR count). The van der Waals surface area contributed by atoms with Crippen LogP contribution in [-0.4, -0.2) is 29.1 Å². The van der Waals surface area contributed by atoms with Crippen LogP contribution in [0, 0.1) is 0 Å². The molecule has 9 heteroatoms. The third-order valence-corrected chi connectivity index (χ3v) is 2.67. The van der Waals surface area contributed by atoms with Gasteiger partial charge in [0.15, 0.2) is 11.5 Å². The average molecular weight is 295 g/mol. The molecule has 1 aromatic rings. The van der Waals surface area contributed by atoms with Crippen LogP contribution in [0.3, 0.4) is 0 Å². The molecular weight excluding hydrogens is 285 g/mol. The number of nitrogens with one attached hydrogen (secondary N) is 1. The summed E-state index contributed by atoms with van der Waals surface area (Å²) in [5.74, 6) is -2.92. The van der Waals surface area contributed by atoms with E-state index >= 15 is 0 Å². The second kappa shape index (κ2) is 6.92. The minimum Gasteiger partial charge on any atom is -0.748 e. The van der Waals surface area contributed by atoms with Gasteiger partial charge < -0.3 is 20.1 Å². The maximum absolute atomic E-state index is 11.1. The van der Waals surface area contributed by atoms with Gasteiger partial charge in [-0.3, -0.25) is 4.79 Å². The largest absolute Gasteiger partial charge is 1.00 e. The van der Waals surface area contributed by atoms with Crippen molar-refractivity contribution in [2.24, 2.45) is 0 Å². The second-order valence-electron chi connectivity index (χ2n) is 3.36. The first kappa shape index (κ1) is 17.9. The molecule has 0 saturated carbocycles. The smallest absolute Gasteiger partial charge is 0.748 e. The van der Waals surface area contributed by atoms with Crippen LogP contribution in [-0.2, 0) is 20.7 Å². The van der Waals surface area contributed by atoms with Crippen LogP contribution in [0.15, 0.2) is 24.8 Å². The topological polar surface area (TPSA) is 127 Å². The molecule has 19 heavy (non-hydrogen) atoms. The summed E-state index contributed by atoms with van der Waals surface area (Å²) in [6, 6.07) is 2.13. The number of aromatic hydroxyl groups is 2. The summed E-state index contributed by atoms with van der Waals surface area (Å²) in [7, 11) is -4.59. The van der Waals surface area contributed by atoms with Gasteiger partial charge in [0.2, 0.25) is 5.91 Å². The van der Waals surface area contributed by atoms with E-state index in [4.69, 9.17) is 0 Å². The number of hydrogen-bond acceptors (Lipinski definition) is 6. The van der Waals surface area contributed by atoms with Gasteiger partial charge in [-0.15, -0.1) is 0 Å². The molecule has 1 amide bonds. The van der Waals surface area contributed by atoms with Gasteiger partial charge in [0.05, 0.1) is 21.6 Å². The SMILES string of the molecule is C=CC(=O)Nc1c(CS(=O)(=O)[O-])ccc(O)c1O.[Na+]. The Balaban J connectivity index is 0.00000324. The molecule has 0 heterocycles. The number of benzene rings is 1. The molecule has 0 radical (unpaired) electrons. The van der Waals surface area contributed by atoms with Crippen molar-refractivity contribution in [1.82, 2.24) is 0 Å². The average Bonchev–Trinajstić information content (AvgIpc) is 2.26. The van der Waals surface area contributed by atoms with E-state index in [1.165, 1.54) is 0 Å². The van der Waals surface area contributed by atoms with Crippen molar-refractivity contribution in [3.63, 3.8) is 0 Å². The molecule has 3 N–H and O–H groups in total. The zero-order valence-electron chi connectivity index (χ0n) is 10.1. The Morgan fingerprint density at radius 1 is 1.42 bits per heavy atom. The zero-order chi connectivity index (χ0) is 13.9. The van der Waals surface area contributed by atoms with Gasteiger partial charge in [-0.05, 0) is 17.7 Å². The van der Waals surface area contributed by atoms with Crippen LogP contribution in [0.1, 0.15) is 5.56 Å². The number of phenols is 2. The van der Waals surface area contributed by atoms with E-state index in [9.17, 15) is 28.0 Å². The van der Waals surface area contributed by atoms with E-state index < -0.39 is 33.3 Å². The normalized spacial score (nSPS) is 10.4. The van der Waals surface area contributed by atoms with Gasteiger partial charge >= 0.3 is 29.6 Å². The summed E-state index contributed by atoms with van der Waals surface area (Å²) in [4.78, 5) is 11.1. The Labute approximate surface area is 132 Å². The van der Waals surface area contributed by atoms with Crippen LogP contribution in [0.5, 0.6) is 11.5 Å². The van der Waals surface area contributed by atoms with Crippen molar-refractivity contribution in [2.45, 2.75) is 5.75 Å². The molecule has 0 bridgehead atoms. The van der Waals surface area contributed by atoms with Crippen molar-refractivity contribution >= 4 is 21.7 Å². The second-order valence-corrected chi connectivity index (χ2v) is 4.77. The van der Waals surface area contributed by atoms with E-state index in [2.05, 4.69) is 11.9 Å². The number of anilines is 1. The van der Waals surface area contributed by atoms with Gasteiger partial charge in [-0.1, -0.05) is 12.6 Å². The Hall–Kier alpha value is -1.06. The Kier molecular flexibility index (Phi) is 6.53. The Morgan fingerprint density at radius 3 is 2.47 bits per heavy atom. The molecule has 0 atom stereocenters. The first-order chi connectivity index (χ1) is 8.24. The summed E-state index contributed by atoms with van der Waals surface area (Å²) < 4.78 is 32.0. The Bertz CT molecular complexity index is 598. The molecule has 0 aliphatic carbocycles. The molecule has 1 aromatic carbocycles. The number of rotatable bonds is 4. The summed E-state index contributed by atoms with van der Waals surface area (Å²) in [6.45, 7) is 3.18. The number of hydrogen-bond donors (Lipinski definition) is 3. The summed E-state index contributed by atoms with van der Waals surface area (Å²) in [6.07, 6.45) is 0.888. The van der Waals surface area contributed by atoms with Crippen LogP contribution in [0.25, 0.3) is 0 Å². The fraction of sp³-hybridized carbons (Fsp3) is 0.100. The van der Waals surface area contributed by atoms with Gasteiger partial charge in [-0.25, -0.2) is 8.42 Å². The molecule has 0 unspecified atom stereocenters. The van der Waals surface area contributed by atoms with Gasteiger partial charge in [-0.2, -0.15) is 0 Å². The minimum absolute atomic E-state index is 0. The van der Waals surface area contributed by atoms with Gasteiger partial charge in [0, 0.05) is 0 Å². The monoisotopic (exact) mass is 295 g/mol. The van der Waals surface area contributed by atoms with Crippen molar-refractivity contribution in [2.75, 3.05) is 5.32 Å². The summed E-state index contributed by atoms with van der Waals surface area (Å²) in [5, 5.41) is 20.9. The van der Waals surface area contributed by atoms with E-state index in [0.717, 1.165) is 18.2 Å². The van der Waals surface area contributed by atoms with Gasteiger partial charge in [0.25, 0.3) is 0 Å². The zero-order valence-corrected chi connectivity index (χ0v) is 12.9. The fourth-order valence-electron chi connectivity index (χ4n) is 1.25. The van der Waals surface area contributed by atoms with E-state index in [-0.39, 0.29) is 40.8 Å². The predicted molar refractivity (Wildman–Crippen MR) is 62.0 cm³/mol. The quantitative estimate of drug-likeness (QED) is 0.239. The Morgan fingerprint density at radius 2 is 2.00 bits per heavy atom. The maximum Gasteiger partial charge on any atom is 1.00 e. The number of carbonyl (C=O) groups is 1. The first-order valence-electron chi connectivity index (χ1n) is 4.65. The van der Waals surface area contributed by atoms with E-state index in [0.29, 0.717) is 0 Å². The molecule has 0 spiro atoms. The van der Waals surface area contributed by atoms with Crippen LogP contribution >= 0.6 is 0 Å². The van der Waals surface area contributed by atoms with Crippen LogP contribution in [0.4, 0.5) is 5.69 Å². The molecule has 0 aromatic heterocycles. The first-order valence-corrected chi connectivity index (χ1v) is 6.23. The van der Waals surface area contributed by atoms with Gasteiger partial charge in [0.1, 0.15) is 0 Å². The summed E-state index contributed by atoms with van der Waals surface area (Å²) >= 11 is 0. The third kappa shape index (κ3) is 5.21. The molecular formula is C10H10NNaO6S. The molecule has 7 nitrogen and oxygen atoms in total. The van der Waals surface area contributed by atoms with E-state index in [1.807, 2.05) is 0 Å². The minimum atomic E-state index is -4.59. The predicted octanol–water partition coefficient (Wildman–Crippen LogP) is -2.73. The molecule has 98 valence electrons. The number of carbonyl (C=O) groups excluding carboxylic acids is 1. The van der Waals surface area contributed by atoms with Crippen molar-refractivity contribution < 1.29 is 57.5 Å².